The Balaban J connectivity index is 1.66. The van der Waals surface area contributed by atoms with Gasteiger partial charge in [0.1, 0.15) is 5.75 Å². The van der Waals surface area contributed by atoms with Crippen LogP contribution in [0.2, 0.25) is 0 Å². The third-order valence-electron chi connectivity index (χ3n) is 5.87. The van der Waals surface area contributed by atoms with E-state index in [2.05, 4.69) is 0 Å². The van der Waals surface area contributed by atoms with E-state index >= 15 is 0 Å². The summed E-state index contributed by atoms with van der Waals surface area (Å²) >= 11 is 0. The molecule has 2 heterocycles. The summed E-state index contributed by atoms with van der Waals surface area (Å²) in [7, 11) is -6.19. The molecule has 0 unspecified atom stereocenters. The summed E-state index contributed by atoms with van der Waals surface area (Å²) in [5, 5.41) is 5.21. The topological polar surface area (TPSA) is 127 Å². The highest BCUT2D eigenvalue weighted by Gasteiger charge is 2.31. The monoisotopic (exact) mass is 479 g/mol. The van der Waals surface area contributed by atoms with E-state index in [9.17, 15) is 21.6 Å². The third kappa shape index (κ3) is 4.13. The lowest BCUT2D eigenvalue weighted by molar-refractivity contribution is 0.0986. The second kappa shape index (κ2) is 8.47. The van der Waals surface area contributed by atoms with Crippen LogP contribution in [0.4, 0.5) is 5.69 Å². The number of piperidine rings is 1. The molecule has 2 aromatic rings. The lowest BCUT2D eigenvalue weighted by Gasteiger charge is -2.26. The number of hydrogen-bond acceptors (Lipinski definition) is 6. The fraction of sp³-hybridized carbons (Fsp3) is 0.381. The minimum atomic E-state index is -4.00. The SMILES string of the molecule is COc1ccc(S(N)(=O)=O)cc1C(=O)N1CCc2cc(S(=O)(=O)N3CCCCC3)ccc21. The van der Waals surface area contributed by atoms with Crippen LogP contribution >= 0.6 is 0 Å². The average molecular weight is 480 g/mol. The molecule has 2 aromatic carbocycles. The van der Waals surface area contributed by atoms with Crippen molar-refractivity contribution in [1.82, 2.24) is 4.31 Å². The van der Waals surface area contributed by atoms with Crippen LogP contribution in [0.1, 0.15) is 35.2 Å². The first-order valence-electron chi connectivity index (χ1n) is 10.3. The number of fused-ring (bicyclic) bond motifs is 1. The summed E-state index contributed by atoms with van der Waals surface area (Å²) in [6, 6.07) is 8.65. The minimum Gasteiger partial charge on any atom is -0.496 e. The van der Waals surface area contributed by atoms with Crippen LogP contribution in [0, 0.1) is 0 Å². The molecular weight excluding hydrogens is 454 g/mol. The number of nitrogens with zero attached hydrogens (tertiary/aromatic N) is 2. The maximum Gasteiger partial charge on any atom is 0.262 e. The van der Waals surface area contributed by atoms with Crippen molar-refractivity contribution in [3.05, 3.63) is 47.5 Å². The summed E-state index contributed by atoms with van der Waals surface area (Å²) in [5.41, 5.74) is 1.41. The van der Waals surface area contributed by atoms with Crippen LogP contribution in [0.25, 0.3) is 0 Å². The molecule has 32 heavy (non-hydrogen) atoms. The number of carbonyl (C=O) groups excluding carboxylic acids is 1. The van der Waals surface area contributed by atoms with Crippen LogP contribution in [-0.4, -0.2) is 53.8 Å². The molecule has 2 aliphatic rings. The normalized spacial score (nSPS) is 17.2. The van der Waals surface area contributed by atoms with E-state index in [4.69, 9.17) is 9.88 Å². The summed E-state index contributed by atoms with van der Waals surface area (Å²) in [6.07, 6.45) is 3.22. The van der Waals surface area contributed by atoms with Crippen molar-refractivity contribution >= 4 is 31.6 Å². The predicted molar refractivity (Wildman–Crippen MR) is 119 cm³/mol. The number of benzene rings is 2. The molecule has 1 fully saturated rings. The van der Waals surface area contributed by atoms with Gasteiger partial charge in [-0.3, -0.25) is 4.79 Å². The summed E-state index contributed by atoms with van der Waals surface area (Å²) in [4.78, 5) is 14.8. The zero-order valence-electron chi connectivity index (χ0n) is 17.7. The van der Waals surface area contributed by atoms with Gasteiger partial charge in [-0.05, 0) is 61.2 Å². The number of amides is 1. The summed E-state index contributed by atoms with van der Waals surface area (Å²) < 4.78 is 56.2. The Hall–Kier alpha value is -2.47. The number of anilines is 1. The average Bonchev–Trinajstić information content (AvgIpc) is 3.21. The van der Waals surface area contributed by atoms with E-state index in [0.717, 1.165) is 24.8 Å². The first kappa shape index (κ1) is 22.7. The number of carbonyl (C=O) groups is 1. The molecule has 1 saturated heterocycles. The number of ether oxygens (including phenoxy) is 1. The van der Waals surface area contributed by atoms with Gasteiger partial charge >= 0.3 is 0 Å². The largest absolute Gasteiger partial charge is 0.496 e. The van der Waals surface area contributed by atoms with Gasteiger partial charge in [-0.1, -0.05) is 6.42 Å². The highest BCUT2D eigenvalue weighted by molar-refractivity contribution is 7.89. The molecule has 2 N–H and O–H groups in total. The van der Waals surface area contributed by atoms with Crippen LogP contribution in [0.15, 0.2) is 46.2 Å². The Morgan fingerprint density at radius 3 is 2.28 bits per heavy atom. The molecule has 2 aliphatic heterocycles. The first-order chi connectivity index (χ1) is 15.1. The highest BCUT2D eigenvalue weighted by atomic mass is 32.2. The number of rotatable bonds is 5. The molecule has 0 spiro atoms. The molecule has 0 aromatic heterocycles. The molecule has 0 saturated carbocycles. The molecule has 0 radical (unpaired) electrons. The molecular formula is C21H25N3O6S2. The zero-order chi connectivity index (χ0) is 23.1. The van der Waals surface area contributed by atoms with Gasteiger partial charge in [-0.25, -0.2) is 22.0 Å². The van der Waals surface area contributed by atoms with Crippen LogP contribution in [0.5, 0.6) is 5.75 Å². The molecule has 0 bridgehead atoms. The van der Waals surface area contributed by atoms with Gasteiger partial charge in [0, 0.05) is 25.3 Å². The highest BCUT2D eigenvalue weighted by Crippen LogP contribution is 2.34. The standard InChI is InChI=1S/C21H25N3O6S2/c1-30-20-8-6-16(31(22,26)27)14-18(20)21(25)24-12-9-15-13-17(5-7-19(15)24)32(28,29)23-10-3-2-4-11-23/h5-8,13-14H,2-4,9-12H2,1H3,(H2,22,26,27). The van der Waals surface area contributed by atoms with E-state index in [-0.39, 0.29) is 21.1 Å². The molecule has 0 aliphatic carbocycles. The molecule has 9 nitrogen and oxygen atoms in total. The van der Waals surface area contributed by atoms with Gasteiger partial charge in [0.2, 0.25) is 20.0 Å². The lowest BCUT2D eigenvalue weighted by Crippen LogP contribution is -2.35. The molecule has 11 heteroatoms. The Kier molecular flexibility index (Phi) is 6.01. The van der Waals surface area contributed by atoms with Gasteiger partial charge in [0.25, 0.3) is 5.91 Å². The van der Waals surface area contributed by atoms with Crippen molar-refractivity contribution in [2.75, 3.05) is 31.6 Å². The maximum absolute atomic E-state index is 13.3. The Bertz CT molecular complexity index is 1270. The number of primary sulfonamides is 1. The van der Waals surface area contributed by atoms with Crippen LogP contribution < -0.4 is 14.8 Å². The molecule has 4 rings (SSSR count). The predicted octanol–water partition coefficient (Wildman–Crippen LogP) is 1.72. The van der Waals surface area contributed by atoms with E-state index in [1.54, 1.807) is 12.1 Å². The van der Waals surface area contributed by atoms with Gasteiger partial charge in [-0.2, -0.15) is 4.31 Å². The van der Waals surface area contributed by atoms with Gasteiger partial charge in [-0.15, -0.1) is 0 Å². The minimum absolute atomic E-state index is 0.0666. The van der Waals surface area contributed by atoms with Crippen molar-refractivity contribution in [3.63, 3.8) is 0 Å². The second-order valence-corrected chi connectivity index (χ2v) is 11.4. The molecule has 0 atom stereocenters. The van der Waals surface area contributed by atoms with Crippen molar-refractivity contribution in [2.24, 2.45) is 5.14 Å². The summed E-state index contributed by atoms with van der Waals surface area (Å²) in [6.45, 7) is 1.37. The van der Waals surface area contributed by atoms with Crippen molar-refractivity contribution in [2.45, 2.75) is 35.5 Å². The quantitative estimate of drug-likeness (QED) is 0.696. The maximum atomic E-state index is 13.3. The number of sulfonamides is 2. The number of hydrogen-bond donors (Lipinski definition) is 1. The van der Waals surface area contributed by atoms with Crippen molar-refractivity contribution < 1.29 is 26.4 Å². The molecule has 172 valence electrons. The fourth-order valence-electron chi connectivity index (χ4n) is 4.18. The zero-order valence-corrected chi connectivity index (χ0v) is 19.3. The van der Waals surface area contributed by atoms with Crippen molar-refractivity contribution in [1.29, 1.82) is 0 Å². The van der Waals surface area contributed by atoms with Crippen LogP contribution in [-0.2, 0) is 26.5 Å². The first-order valence-corrected chi connectivity index (χ1v) is 13.3. The van der Waals surface area contributed by atoms with E-state index in [1.807, 2.05) is 0 Å². The van der Waals surface area contributed by atoms with Crippen molar-refractivity contribution in [3.8, 4) is 5.75 Å². The second-order valence-electron chi connectivity index (χ2n) is 7.87. The van der Waals surface area contributed by atoms with Gasteiger partial charge in [0.05, 0.1) is 22.5 Å². The van der Waals surface area contributed by atoms with Gasteiger partial charge in [0.15, 0.2) is 0 Å². The fourth-order valence-corrected chi connectivity index (χ4v) is 6.29. The Morgan fingerprint density at radius 2 is 1.62 bits per heavy atom. The van der Waals surface area contributed by atoms with E-state index in [0.29, 0.717) is 31.7 Å². The smallest absolute Gasteiger partial charge is 0.262 e. The number of methoxy groups -OCH3 is 1. The molecule has 1 amide bonds. The lowest BCUT2D eigenvalue weighted by atomic mass is 10.1. The Morgan fingerprint density at radius 1 is 0.938 bits per heavy atom. The summed E-state index contributed by atoms with van der Waals surface area (Å²) in [5.74, 6) is -0.224. The third-order valence-corrected chi connectivity index (χ3v) is 8.68. The number of nitrogens with two attached hydrogens (primary N) is 1. The van der Waals surface area contributed by atoms with E-state index < -0.39 is 26.0 Å². The Labute approximate surface area is 187 Å². The van der Waals surface area contributed by atoms with Crippen LogP contribution in [0.3, 0.4) is 0 Å². The van der Waals surface area contributed by atoms with E-state index in [1.165, 1.54) is 40.6 Å². The van der Waals surface area contributed by atoms with Gasteiger partial charge < -0.3 is 9.64 Å².